The van der Waals surface area contributed by atoms with Crippen molar-refractivity contribution in [3.8, 4) is 0 Å². The molecule has 0 aliphatic rings. The molecule has 0 aromatic rings. The van der Waals surface area contributed by atoms with Crippen LogP contribution < -0.4 is 5.32 Å². The van der Waals surface area contributed by atoms with E-state index in [2.05, 4.69) is 5.32 Å². The number of sulfone groups is 1. The average molecular weight is 193 g/mol. The normalized spacial score (nSPS) is 13.3. The number of rotatable bonds is 4. The van der Waals surface area contributed by atoms with Gasteiger partial charge in [0.1, 0.15) is 0 Å². The van der Waals surface area contributed by atoms with E-state index in [1.165, 1.54) is 0 Å². The van der Waals surface area contributed by atoms with Crippen LogP contribution in [0.25, 0.3) is 0 Å². The summed E-state index contributed by atoms with van der Waals surface area (Å²) in [5, 5.41) is 2.93. The Labute approximate surface area is 75.5 Å². The zero-order valence-electron chi connectivity index (χ0n) is 8.35. The van der Waals surface area contributed by atoms with Gasteiger partial charge in [0.25, 0.3) is 0 Å². The average Bonchev–Trinajstić information content (AvgIpc) is 1.85. The van der Waals surface area contributed by atoms with Crippen LogP contribution in [0.5, 0.6) is 0 Å². The molecule has 3 nitrogen and oxygen atoms in total. The highest BCUT2D eigenvalue weighted by molar-refractivity contribution is 7.92. The van der Waals surface area contributed by atoms with Crippen LogP contribution in [0.15, 0.2) is 0 Å². The van der Waals surface area contributed by atoms with Crippen molar-refractivity contribution in [3.63, 3.8) is 0 Å². The summed E-state index contributed by atoms with van der Waals surface area (Å²) in [7, 11) is -1.09. The summed E-state index contributed by atoms with van der Waals surface area (Å²) < 4.78 is 22.4. The van der Waals surface area contributed by atoms with E-state index in [1.807, 2.05) is 7.05 Å². The first-order valence-corrected chi connectivity index (χ1v) is 5.83. The van der Waals surface area contributed by atoms with E-state index in [1.54, 1.807) is 20.8 Å². The second-order valence-corrected chi connectivity index (χ2v) is 6.75. The molecule has 74 valence electrons. The van der Waals surface area contributed by atoms with E-state index >= 15 is 0 Å². The second-order valence-electron chi connectivity index (χ2n) is 3.89. The largest absolute Gasteiger partial charge is 0.320 e. The van der Waals surface area contributed by atoms with Gasteiger partial charge in [0.05, 0.1) is 10.5 Å². The van der Waals surface area contributed by atoms with Crippen molar-refractivity contribution in [2.45, 2.75) is 31.9 Å². The molecule has 12 heavy (non-hydrogen) atoms. The van der Waals surface area contributed by atoms with Gasteiger partial charge >= 0.3 is 0 Å². The van der Waals surface area contributed by atoms with Gasteiger partial charge in [0.15, 0.2) is 9.84 Å². The third-order valence-electron chi connectivity index (χ3n) is 1.77. The summed E-state index contributed by atoms with van der Waals surface area (Å²) in [4.78, 5) is 0. The molecule has 0 bridgehead atoms. The van der Waals surface area contributed by atoms with E-state index in [9.17, 15) is 8.42 Å². The zero-order chi connectivity index (χ0) is 9.83. The molecule has 0 saturated carbocycles. The fourth-order valence-corrected chi connectivity index (χ4v) is 1.88. The molecule has 0 spiro atoms. The maximum absolute atomic E-state index is 11.5. The summed E-state index contributed by atoms with van der Waals surface area (Å²) in [6, 6.07) is 0. The Kier molecular flexibility index (Phi) is 4.20. The molecule has 0 amide bonds. The highest BCUT2D eigenvalue weighted by atomic mass is 32.2. The molecule has 0 atom stereocenters. The Balaban J connectivity index is 4.08. The Morgan fingerprint density at radius 2 is 1.75 bits per heavy atom. The first kappa shape index (κ1) is 11.9. The molecular formula is C8H19NO2S. The van der Waals surface area contributed by atoms with E-state index < -0.39 is 14.6 Å². The van der Waals surface area contributed by atoms with Crippen LogP contribution in [0.1, 0.15) is 27.2 Å². The van der Waals surface area contributed by atoms with Crippen molar-refractivity contribution in [2.24, 2.45) is 0 Å². The van der Waals surface area contributed by atoms with Crippen molar-refractivity contribution in [2.75, 3.05) is 19.3 Å². The van der Waals surface area contributed by atoms with Gasteiger partial charge in [-0.15, -0.1) is 0 Å². The van der Waals surface area contributed by atoms with Crippen molar-refractivity contribution < 1.29 is 8.42 Å². The van der Waals surface area contributed by atoms with Crippen molar-refractivity contribution in [3.05, 3.63) is 0 Å². The van der Waals surface area contributed by atoms with E-state index in [-0.39, 0.29) is 5.75 Å². The SMILES string of the molecule is CNCCCS(=O)(=O)C(C)(C)C. The van der Waals surface area contributed by atoms with Crippen LogP contribution >= 0.6 is 0 Å². The molecule has 0 saturated heterocycles. The molecule has 0 aliphatic heterocycles. The molecule has 0 aliphatic carbocycles. The standard InChI is InChI=1S/C8H19NO2S/c1-8(2,3)12(10,11)7-5-6-9-4/h9H,5-7H2,1-4H3. The van der Waals surface area contributed by atoms with Gasteiger partial charge in [-0.1, -0.05) is 0 Å². The second kappa shape index (κ2) is 4.23. The van der Waals surface area contributed by atoms with Crippen LogP contribution in [0, 0.1) is 0 Å². The summed E-state index contributed by atoms with van der Waals surface area (Å²) in [6.07, 6.45) is 0.691. The minimum Gasteiger partial charge on any atom is -0.320 e. The maximum atomic E-state index is 11.5. The van der Waals surface area contributed by atoms with Gasteiger partial charge in [-0.05, 0) is 40.8 Å². The highest BCUT2D eigenvalue weighted by Gasteiger charge is 2.27. The predicted molar refractivity (Wildman–Crippen MR) is 52.1 cm³/mol. The molecule has 0 aromatic heterocycles. The van der Waals surface area contributed by atoms with Gasteiger partial charge in [-0.3, -0.25) is 0 Å². The Bertz CT molecular complexity index is 214. The van der Waals surface area contributed by atoms with Crippen LogP contribution in [-0.4, -0.2) is 32.5 Å². The predicted octanol–water partition coefficient (Wildman–Crippen LogP) is 0.809. The quantitative estimate of drug-likeness (QED) is 0.672. The first-order chi connectivity index (χ1) is 5.31. The smallest absolute Gasteiger partial charge is 0.155 e. The van der Waals surface area contributed by atoms with Gasteiger partial charge in [0.2, 0.25) is 0 Å². The third-order valence-corrected chi connectivity index (χ3v) is 4.47. The van der Waals surface area contributed by atoms with Crippen LogP contribution in [0.4, 0.5) is 0 Å². The van der Waals surface area contributed by atoms with Crippen molar-refractivity contribution in [1.82, 2.24) is 5.32 Å². The fourth-order valence-electron chi connectivity index (χ4n) is 0.745. The summed E-state index contributed by atoms with van der Waals surface area (Å²) in [6.45, 7) is 5.97. The molecular weight excluding hydrogens is 174 g/mol. The lowest BCUT2D eigenvalue weighted by Gasteiger charge is -2.18. The van der Waals surface area contributed by atoms with E-state index in [4.69, 9.17) is 0 Å². The highest BCUT2D eigenvalue weighted by Crippen LogP contribution is 2.16. The number of hydrogen-bond acceptors (Lipinski definition) is 3. The molecule has 0 unspecified atom stereocenters. The van der Waals surface area contributed by atoms with Gasteiger partial charge in [-0.25, -0.2) is 8.42 Å². The summed E-state index contributed by atoms with van der Waals surface area (Å²) in [5.74, 6) is 0.275. The molecule has 1 N–H and O–H groups in total. The van der Waals surface area contributed by atoms with Crippen molar-refractivity contribution in [1.29, 1.82) is 0 Å². The zero-order valence-corrected chi connectivity index (χ0v) is 9.16. The van der Waals surface area contributed by atoms with E-state index in [0.29, 0.717) is 6.42 Å². The molecule has 4 heteroatoms. The maximum Gasteiger partial charge on any atom is 0.155 e. The Morgan fingerprint density at radius 1 is 1.25 bits per heavy atom. The summed E-state index contributed by atoms with van der Waals surface area (Å²) >= 11 is 0. The van der Waals surface area contributed by atoms with Gasteiger partial charge < -0.3 is 5.32 Å². The van der Waals surface area contributed by atoms with Gasteiger partial charge in [-0.2, -0.15) is 0 Å². The van der Waals surface area contributed by atoms with Crippen LogP contribution in [0.3, 0.4) is 0 Å². The monoisotopic (exact) mass is 193 g/mol. The fraction of sp³-hybridized carbons (Fsp3) is 1.00. The van der Waals surface area contributed by atoms with Crippen LogP contribution in [0.2, 0.25) is 0 Å². The summed E-state index contributed by atoms with van der Waals surface area (Å²) in [5.41, 5.74) is 0. The number of hydrogen-bond donors (Lipinski definition) is 1. The topological polar surface area (TPSA) is 46.2 Å². The van der Waals surface area contributed by atoms with Crippen LogP contribution in [-0.2, 0) is 9.84 Å². The lowest BCUT2D eigenvalue weighted by molar-refractivity contribution is 0.556. The lowest BCUT2D eigenvalue weighted by atomic mass is 10.3. The van der Waals surface area contributed by atoms with Crippen molar-refractivity contribution >= 4 is 9.84 Å². The molecule has 0 fully saturated rings. The molecule has 0 radical (unpaired) electrons. The minimum absolute atomic E-state index is 0.275. The van der Waals surface area contributed by atoms with Gasteiger partial charge in [0, 0.05) is 0 Å². The Hall–Kier alpha value is -0.0900. The lowest BCUT2D eigenvalue weighted by Crippen LogP contribution is -2.31. The Morgan fingerprint density at radius 3 is 2.08 bits per heavy atom. The first-order valence-electron chi connectivity index (χ1n) is 4.18. The molecule has 0 aromatic carbocycles. The minimum atomic E-state index is -2.91. The van der Waals surface area contributed by atoms with E-state index in [0.717, 1.165) is 6.54 Å². The molecule has 0 heterocycles. The molecule has 0 rings (SSSR count). The third kappa shape index (κ3) is 3.54. The number of nitrogens with one attached hydrogen (secondary N) is 1.